The first-order valence-corrected chi connectivity index (χ1v) is 7.26. The summed E-state index contributed by atoms with van der Waals surface area (Å²) in [5.41, 5.74) is 1.96. The molecular formula is C15H13BrN4O. The Hall–Kier alpha value is -2.21. The van der Waals surface area contributed by atoms with E-state index in [9.17, 15) is 0 Å². The Kier molecular flexibility index (Phi) is 3.96. The van der Waals surface area contributed by atoms with Crippen molar-refractivity contribution in [1.82, 2.24) is 15.1 Å². The molecule has 0 atom stereocenters. The fraction of sp³-hybridized carbons (Fsp3) is 0.133. The molecule has 2 heterocycles. The van der Waals surface area contributed by atoms with Crippen LogP contribution in [0.15, 0.2) is 51.6 Å². The monoisotopic (exact) mass is 344 g/mol. The lowest BCUT2D eigenvalue weighted by Gasteiger charge is -2.08. The molecule has 3 aromatic rings. The molecule has 6 heteroatoms. The molecule has 0 unspecified atom stereocenters. The van der Waals surface area contributed by atoms with Gasteiger partial charge in [-0.3, -0.25) is 0 Å². The molecule has 0 saturated heterocycles. The van der Waals surface area contributed by atoms with Gasteiger partial charge < -0.3 is 9.84 Å². The van der Waals surface area contributed by atoms with Gasteiger partial charge in [0.05, 0.1) is 5.56 Å². The van der Waals surface area contributed by atoms with E-state index in [1.54, 1.807) is 13.1 Å². The highest BCUT2D eigenvalue weighted by molar-refractivity contribution is 9.10. The quantitative estimate of drug-likeness (QED) is 0.779. The Morgan fingerprint density at radius 1 is 1.19 bits per heavy atom. The third-order valence-electron chi connectivity index (χ3n) is 2.94. The van der Waals surface area contributed by atoms with Crippen LogP contribution in [-0.4, -0.2) is 15.1 Å². The molecule has 0 aliphatic rings. The predicted octanol–water partition coefficient (Wildman–Crippen LogP) is 3.81. The van der Waals surface area contributed by atoms with E-state index in [1.807, 2.05) is 24.3 Å². The normalized spacial score (nSPS) is 10.6. The largest absolute Gasteiger partial charge is 0.365 e. The summed E-state index contributed by atoms with van der Waals surface area (Å²) in [7, 11) is 0. The van der Waals surface area contributed by atoms with E-state index in [1.165, 1.54) is 0 Å². The minimum absolute atomic E-state index is 0.471. The molecule has 0 aliphatic heterocycles. The van der Waals surface area contributed by atoms with Crippen LogP contribution >= 0.6 is 15.9 Å². The number of pyridine rings is 1. The molecule has 0 aliphatic carbocycles. The lowest BCUT2D eigenvalue weighted by atomic mass is 10.2. The second kappa shape index (κ2) is 6.05. The van der Waals surface area contributed by atoms with Crippen molar-refractivity contribution in [3.63, 3.8) is 0 Å². The van der Waals surface area contributed by atoms with Crippen LogP contribution in [0.25, 0.3) is 11.5 Å². The van der Waals surface area contributed by atoms with E-state index in [-0.39, 0.29) is 0 Å². The molecule has 106 valence electrons. The molecule has 0 bridgehead atoms. The van der Waals surface area contributed by atoms with Gasteiger partial charge in [0.25, 0.3) is 5.89 Å². The molecule has 5 nitrogen and oxygen atoms in total. The fourth-order valence-electron chi connectivity index (χ4n) is 1.91. The summed E-state index contributed by atoms with van der Waals surface area (Å²) in [4.78, 5) is 8.59. The van der Waals surface area contributed by atoms with Gasteiger partial charge in [-0.15, -0.1) is 0 Å². The molecule has 3 rings (SSSR count). The number of aromatic nitrogens is 3. The van der Waals surface area contributed by atoms with Crippen molar-refractivity contribution < 1.29 is 4.52 Å². The van der Waals surface area contributed by atoms with Crippen molar-refractivity contribution >= 4 is 21.7 Å². The minimum atomic E-state index is 0.471. The number of benzene rings is 1. The lowest BCUT2D eigenvalue weighted by Crippen LogP contribution is -2.02. The lowest BCUT2D eigenvalue weighted by molar-refractivity contribution is 0.425. The van der Waals surface area contributed by atoms with E-state index >= 15 is 0 Å². The van der Waals surface area contributed by atoms with Gasteiger partial charge in [0.1, 0.15) is 5.82 Å². The summed E-state index contributed by atoms with van der Waals surface area (Å²) in [6.45, 7) is 2.46. The van der Waals surface area contributed by atoms with Crippen LogP contribution in [0, 0.1) is 6.92 Å². The fourth-order valence-corrected chi connectivity index (χ4v) is 2.18. The van der Waals surface area contributed by atoms with E-state index in [0.29, 0.717) is 18.3 Å². The molecule has 21 heavy (non-hydrogen) atoms. The zero-order valence-corrected chi connectivity index (χ0v) is 13.0. The van der Waals surface area contributed by atoms with Gasteiger partial charge in [0.15, 0.2) is 5.82 Å². The highest BCUT2D eigenvalue weighted by atomic mass is 79.9. The number of nitrogens with one attached hydrogen (secondary N) is 1. The molecular weight excluding hydrogens is 332 g/mol. The van der Waals surface area contributed by atoms with E-state index in [2.05, 4.69) is 48.5 Å². The van der Waals surface area contributed by atoms with Crippen LogP contribution in [0.2, 0.25) is 0 Å². The topological polar surface area (TPSA) is 63.8 Å². The zero-order chi connectivity index (χ0) is 14.7. The van der Waals surface area contributed by atoms with Gasteiger partial charge in [-0.25, -0.2) is 4.98 Å². The Bertz CT molecular complexity index is 739. The molecule has 0 saturated carbocycles. The Balaban J connectivity index is 1.81. The standard InChI is InChI=1S/C15H13BrN4O/c1-10-19-15(21-20-10)13-3-2-8-17-14(13)18-9-11-4-6-12(16)7-5-11/h2-8H,9H2,1H3,(H,17,18). The number of nitrogens with zero attached hydrogens (tertiary/aromatic N) is 3. The minimum Gasteiger partial charge on any atom is -0.365 e. The van der Waals surface area contributed by atoms with Crippen molar-refractivity contribution in [3.8, 4) is 11.5 Å². The second-order valence-corrected chi connectivity index (χ2v) is 5.44. The summed E-state index contributed by atoms with van der Waals surface area (Å²) < 4.78 is 6.27. The van der Waals surface area contributed by atoms with E-state index < -0.39 is 0 Å². The Morgan fingerprint density at radius 3 is 2.71 bits per heavy atom. The number of aryl methyl sites for hydroxylation is 1. The third kappa shape index (κ3) is 3.28. The number of anilines is 1. The highest BCUT2D eigenvalue weighted by Gasteiger charge is 2.12. The average Bonchev–Trinajstić information content (AvgIpc) is 2.93. The maximum Gasteiger partial charge on any atom is 0.261 e. The van der Waals surface area contributed by atoms with E-state index in [0.717, 1.165) is 21.4 Å². The van der Waals surface area contributed by atoms with Crippen LogP contribution in [0.1, 0.15) is 11.4 Å². The van der Waals surface area contributed by atoms with Crippen molar-refractivity contribution in [3.05, 3.63) is 58.5 Å². The van der Waals surface area contributed by atoms with Gasteiger partial charge >= 0.3 is 0 Å². The zero-order valence-electron chi connectivity index (χ0n) is 11.4. The van der Waals surface area contributed by atoms with Crippen LogP contribution in [0.4, 0.5) is 5.82 Å². The predicted molar refractivity (Wildman–Crippen MR) is 83.7 cm³/mol. The summed E-state index contributed by atoms with van der Waals surface area (Å²) in [6.07, 6.45) is 1.73. The summed E-state index contributed by atoms with van der Waals surface area (Å²) in [5.74, 6) is 1.80. The first kappa shape index (κ1) is 13.8. The van der Waals surface area contributed by atoms with Crippen molar-refractivity contribution in [2.75, 3.05) is 5.32 Å². The maximum absolute atomic E-state index is 5.21. The number of rotatable bonds is 4. The van der Waals surface area contributed by atoms with Gasteiger partial charge in [-0.1, -0.05) is 33.2 Å². The van der Waals surface area contributed by atoms with Crippen LogP contribution < -0.4 is 5.32 Å². The smallest absolute Gasteiger partial charge is 0.261 e. The SMILES string of the molecule is Cc1noc(-c2cccnc2NCc2ccc(Br)cc2)n1. The Labute approximate surface area is 130 Å². The molecule has 1 N–H and O–H groups in total. The molecule has 0 fully saturated rings. The van der Waals surface area contributed by atoms with Crippen molar-refractivity contribution in [2.45, 2.75) is 13.5 Å². The van der Waals surface area contributed by atoms with E-state index in [4.69, 9.17) is 4.52 Å². The first-order chi connectivity index (χ1) is 10.2. The van der Waals surface area contributed by atoms with Crippen LogP contribution in [0.5, 0.6) is 0 Å². The molecule has 0 amide bonds. The van der Waals surface area contributed by atoms with Crippen LogP contribution in [-0.2, 0) is 6.54 Å². The van der Waals surface area contributed by atoms with Gasteiger partial charge in [0, 0.05) is 17.2 Å². The molecule has 0 spiro atoms. The Morgan fingerprint density at radius 2 is 2.00 bits per heavy atom. The van der Waals surface area contributed by atoms with Gasteiger partial charge in [-0.2, -0.15) is 4.98 Å². The summed E-state index contributed by atoms with van der Waals surface area (Å²) >= 11 is 3.43. The van der Waals surface area contributed by atoms with Gasteiger partial charge in [-0.05, 0) is 36.8 Å². The first-order valence-electron chi connectivity index (χ1n) is 6.46. The molecule has 1 aromatic carbocycles. The van der Waals surface area contributed by atoms with Crippen LogP contribution in [0.3, 0.4) is 0 Å². The summed E-state index contributed by atoms with van der Waals surface area (Å²) in [5, 5.41) is 7.12. The third-order valence-corrected chi connectivity index (χ3v) is 3.47. The molecule has 2 aromatic heterocycles. The second-order valence-electron chi connectivity index (χ2n) is 4.53. The summed E-state index contributed by atoms with van der Waals surface area (Å²) in [6, 6.07) is 11.9. The number of halogens is 1. The van der Waals surface area contributed by atoms with Crippen molar-refractivity contribution in [2.24, 2.45) is 0 Å². The maximum atomic E-state index is 5.21. The highest BCUT2D eigenvalue weighted by Crippen LogP contribution is 2.24. The number of hydrogen-bond donors (Lipinski definition) is 1. The average molecular weight is 345 g/mol. The molecule has 0 radical (unpaired) electrons. The van der Waals surface area contributed by atoms with Crippen molar-refractivity contribution in [1.29, 1.82) is 0 Å². The number of hydrogen-bond acceptors (Lipinski definition) is 5. The van der Waals surface area contributed by atoms with Gasteiger partial charge in [0.2, 0.25) is 0 Å².